The first-order chi connectivity index (χ1) is 14.3. The summed E-state index contributed by atoms with van der Waals surface area (Å²) in [5.41, 5.74) is 4.29. The van der Waals surface area contributed by atoms with Gasteiger partial charge in [0.05, 0.1) is 17.6 Å². The first-order valence-electron chi connectivity index (χ1n) is 10.8. The maximum atomic E-state index is 10.8. The van der Waals surface area contributed by atoms with Gasteiger partial charge in [0.15, 0.2) is 0 Å². The van der Waals surface area contributed by atoms with E-state index in [1.807, 2.05) is 30.3 Å². The van der Waals surface area contributed by atoms with Gasteiger partial charge in [-0.1, -0.05) is 50.6 Å². The molecule has 6 heteroatoms. The maximum absolute atomic E-state index is 10.8. The molecule has 2 unspecified atom stereocenters. The number of hydrogen-bond acceptors (Lipinski definition) is 4. The van der Waals surface area contributed by atoms with Crippen LogP contribution in [0.5, 0.6) is 5.75 Å². The second kappa shape index (κ2) is 9.60. The van der Waals surface area contributed by atoms with Crippen LogP contribution in [0.2, 0.25) is 0 Å². The smallest absolute Gasteiger partial charge is 0.139 e. The first kappa shape index (κ1) is 23.6. The number of imidazole rings is 1. The van der Waals surface area contributed by atoms with Gasteiger partial charge in [0.2, 0.25) is 0 Å². The SMILES string of the molecule is Cc1ccc(OCC(O)Cn2c(C3CCCO3)nc3ccccc32)c(C(C)(C)C)c1.Cl. The van der Waals surface area contributed by atoms with E-state index in [0.717, 1.165) is 47.6 Å². The van der Waals surface area contributed by atoms with E-state index in [2.05, 4.69) is 44.4 Å². The molecule has 0 amide bonds. The fourth-order valence-corrected chi connectivity index (χ4v) is 4.12. The highest BCUT2D eigenvalue weighted by molar-refractivity contribution is 5.85. The highest BCUT2D eigenvalue weighted by atomic mass is 35.5. The minimum Gasteiger partial charge on any atom is -0.491 e. The van der Waals surface area contributed by atoms with Crippen molar-refractivity contribution < 1.29 is 14.6 Å². The molecule has 4 rings (SSSR count). The maximum Gasteiger partial charge on any atom is 0.139 e. The van der Waals surface area contributed by atoms with Crippen LogP contribution in [-0.4, -0.2) is 34.0 Å². The molecular weight excluding hydrogens is 412 g/mol. The highest BCUT2D eigenvalue weighted by Gasteiger charge is 2.26. The molecule has 1 aliphatic rings. The van der Waals surface area contributed by atoms with Gasteiger partial charge >= 0.3 is 0 Å². The van der Waals surface area contributed by atoms with E-state index in [1.54, 1.807) is 0 Å². The average molecular weight is 445 g/mol. The number of hydrogen-bond donors (Lipinski definition) is 1. The Labute approximate surface area is 190 Å². The Morgan fingerprint density at radius 3 is 2.71 bits per heavy atom. The summed E-state index contributed by atoms with van der Waals surface area (Å²) in [4.78, 5) is 4.81. The number of benzene rings is 2. The van der Waals surface area contributed by atoms with Gasteiger partial charge in [-0.2, -0.15) is 0 Å². The van der Waals surface area contributed by atoms with Crippen molar-refractivity contribution in [2.24, 2.45) is 0 Å². The summed E-state index contributed by atoms with van der Waals surface area (Å²) < 4.78 is 14.1. The van der Waals surface area contributed by atoms with Gasteiger partial charge in [-0.3, -0.25) is 0 Å². The first-order valence-corrected chi connectivity index (χ1v) is 10.8. The number of rotatable bonds is 6. The zero-order valence-corrected chi connectivity index (χ0v) is 19.6. The fraction of sp³-hybridized carbons (Fsp3) is 0.480. The summed E-state index contributed by atoms with van der Waals surface area (Å²) in [6.45, 7) is 10.0. The van der Waals surface area contributed by atoms with Crippen LogP contribution >= 0.6 is 12.4 Å². The minimum atomic E-state index is -0.656. The van der Waals surface area contributed by atoms with Crippen molar-refractivity contribution in [3.8, 4) is 5.75 Å². The van der Waals surface area contributed by atoms with Gasteiger partial charge in [0.25, 0.3) is 0 Å². The Bertz CT molecular complexity index is 1020. The van der Waals surface area contributed by atoms with Crippen LogP contribution in [-0.2, 0) is 16.7 Å². The van der Waals surface area contributed by atoms with Gasteiger partial charge in [0, 0.05) is 6.61 Å². The van der Waals surface area contributed by atoms with Crippen LogP contribution in [0, 0.1) is 6.92 Å². The van der Waals surface area contributed by atoms with Gasteiger partial charge < -0.3 is 19.1 Å². The van der Waals surface area contributed by atoms with Crippen molar-refractivity contribution in [3.05, 3.63) is 59.4 Å². The molecule has 1 N–H and O–H groups in total. The Morgan fingerprint density at radius 2 is 2.00 bits per heavy atom. The van der Waals surface area contributed by atoms with Crippen LogP contribution in [0.1, 0.15) is 56.7 Å². The molecule has 1 fully saturated rings. The van der Waals surface area contributed by atoms with E-state index < -0.39 is 6.10 Å². The third kappa shape index (κ3) is 5.22. The summed E-state index contributed by atoms with van der Waals surface area (Å²) in [7, 11) is 0. The minimum absolute atomic E-state index is 0. The predicted molar refractivity (Wildman–Crippen MR) is 126 cm³/mol. The van der Waals surface area contributed by atoms with Crippen LogP contribution in [0.3, 0.4) is 0 Å². The number of para-hydroxylation sites is 2. The number of aromatic nitrogens is 2. The van der Waals surface area contributed by atoms with E-state index in [1.165, 1.54) is 5.56 Å². The average Bonchev–Trinajstić information content (AvgIpc) is 3.35. The number of aliphatic hydroxyl groups is 1. The van der Waals surface area contributed by atoms with E-state index in [0.29, 0.717) is 6.54 Å². The molecule has 1 saturated heterocycles. The second-order valence-electron chi connectivity index (χ2n) is 9.29. The Balaban J connectivity index is 0.00000272. The summed E-state index contributed by atoms with van der Waals surface area (Å²) in [6.07, 6.45) is 1.35. The Hall–Kier alpha value is -2.08. The molecule has 5 nitrogen and oxygen atoms in total. The topological polar surface area (TPSA) is 56.5 Å². The molecule has 1 aromatic heterocycles. The van der Waals surface area contributed by atoms with Crippen molar-refractivity contribution in [3.63, 3.8) is 0 Å². The molecule has 1 aliphatic heterocycles. The van der Waals surface area contributed by atoms with Crippen LogP contribution < -0.4 is 4.74 Å². The molecular formula is C25H33ClN2O3. The monoisotopic (exact) mass is 444 g/mol. The van der Waals surface area contributed by atoms with Crippen molar-refractivity contribution in [1.82, 2.24) is 9.55 Å². The standard InChI is InChI=1S/C25H32N2O3.ClH/c1-17-11-12-22(19(14-17)25(2,3)4)30-16-18(28)15-27-21-9-6-5-8-20(21)26-24(27)23-10-7-13-29-23;/h5-6,8-9,11-12,14,18,23,28H,7,10,13,15-16H2,1-4H3;1H. The van der Waals surface area contributed by atoms with E-state index in [4.69, 9.17) is 14.5 Å². The predicted octanol–water partition coefficient (Wildman–Crippen LogP) is 5.36. The summed E-state index contributed by atoms with van der Waals surface area (Å²) in [5, 5.41) is 10.8. The van der Waals surface area contributed by atoms with E-state index in [-0.39, 0.29) is 30.5 Å². The van der Waals surface area contributed by atoms with Crippen molar-refractivity contribution >= 4 is 23.4 Å². The molecule has 2 atom stereocenters. The van der Waals surface area contributed by atoms with Crippen molar-refractivity contribution in [2.75, 3.05) is 13.2 Å². The zero-order valence-electron chi connectivity index (χ0n) is 18.8. The number of fused-ring (bicyclic) bond motifs is 1. The molecule has 0 aliphatic carbocycles. The molecule has 168 valence electrons. The van der Waals surface area contributed by atoms with Crippen LogP contribution in [0.25, 0.3) is 11.0 Å². The Kier molecular flexibility index (Phi) is 7.30. The molecule has 31 heavy (non-hydrogen) atoms. The molecule has 3 aromatic rings. The molecule has 2 aromatic carbocycles. The molecule has 0 spiro atoms. The summed E-state index contributed by atoms with van der Waals surface area (Å²) >= 11 is 0. The number of aryl methyl sites for hydroxylation is 1. The quantitative estimate of drug-likeness (QED) is 0.556. The van der Waals surface area contributed by atoms with Crippen molar-refractivity contribution in [2.45, 2.75) is 64.7 Å². The van der Waals surface area contributed by atoms with E-state index >= 15 is 0 Å². The fourth-order valence-electron chi connectivity index (χ4n) is 4.12. The van der Waals surface area contributed by atoms with Gasteiger partial charge in [-0.05, 0) is 48.9 Å². The molecule has 2 heterocycles. The third-order valence-corrected chi connectivity index (χ3v) is 5.67. The Morgan fingerprint density at radius 1 is 1.23 bits per heavy atom. The van der Waals surface area contributed by atoms with Gasteiger partial charge in [-0.15, -0.1) is 12.4 Å². The molecule has 0 radical (unpaired) electrons. The van der Waals surface area contributed by atoms with Crippen LogP contribution in [0.15, 0.2) is 42.5 Å². The van der Waals surface area contributed by atoms with E-state index in [9.17, 15) is 5.11 Å². The number of ether oxygens (including phenoxy) is 2. The normalized spacial score (nSPS) is 17.5. The number of nitrogens with zero attached hydrogens (tertiary/aromatic N) is 2. The van der Waals surface area contributed by atoms with Gasteiger partial charge in [0.1, 0.15) is 30.4 Å². The highest BCUT2D eigenvalue weighted by Crippen LogP contribution is 2.33. The molecule has 0 bridgehead atoms. The second-order valence-corrected chi connectivity index (χ2v) is 9.29. The lowest BCUT2D eigenvalue weighted by atomic mass is 9.85. The lowest BCUT2D eigenvalue weighted by Gasteiger charge is -2.24. The lowest BCUT2D eigenvalue weighted by Crippen LogP contribution is -2.26. The summed E-state index contributed by atoms with van der Waals surface area (Å²) in [6, 6.07) is 14.3. The molecule has 0 saturated carbocycles. The van der Waals surface area contributed by atoms with Gasteiger partial charge in [-0.25, -0.2) is 4.98 Å². The lowest BCUT2D eigenvalue weighted by molar-refractivity contribution is 0.0800. The largest absolute Gasteiger partial charge is 0.491 e. The zero-order chi connectivity index (χ0) is 21.3. The third-order valence-electron chi connectivity index (χ3n) is 5.67. The number of aliphatic hydroxyl groups excluding tert-OH is 1. The van der Waals surface area contributed by atoms with Crippen molar-refractivity contribution in [1.29, 1.82) is 0 Å². The van der Waals surface area contributed by atoms with Crippen LogP contribution in [0.4, 0.5) is 0 Å². The number of halogens is 1. The summed E-state index contributed by atoms with van der Waals surface area (Å²) in [5.74, 6) is 1.74.